The number of allylic oxidation sites excluding steroid dienone is 16. The molecule has 8 nitrogen and oxygen atoms in total. The molecule has 8 heteroatoms. The molecule has 2 unspecified atom stereocenters. The molecule has 0 amide bonds. The highest BCUT2D eigenvalue weighted by Gasteiger charge is 2.25. The maximum absolute atomic E-state index is 12.7. The molecule has 0 aromatic rings. The molecule has 0 N–H and O–H groups in total. The van der Waals surface area contributed by atoms with Gasteiger partial charge in [-0.15, -0.1) is 0 Å². The van der Waals surface area contributed by atoms with Crippen molar-refractivity contribution < 1.29 is 38.2 Å². The number of carboxylic acid groups (broad SMARTS) is 1. The monoisotopic (exact) mass is 864 g/mol. The molecule has 0 spiro atoms. The highest BCUT2D eigenvalue weighted by Crippen LogP contribution is 2.13. The van der Waals surface area contributed by atoms with Gasteiger partial charge in [-0.25, -0.2) is 0 Å². The third-order valence-corrected chi connectivity index (χ3v) is 10.2. The fourth-order valence-electron chi connectivity index (χ4n) is 6.48. The van der Waals surface area contributed by atoms with Crippen molar-refractivity contribution >= 4 is 17.9 Å². The summed E-state index contributed by atoms with van der Waals surface area (Å²) >= 11 is 0. The second kappa shape index (κ2) is 43.9. The first-order valence-corrected chi connectivity index (χ1v) is 24.3. The lowest BCUT2D eigenvalue weighted by Crippen LogP contribution is -2.55. The summed E-state index contributed by atoms with van der Waals surface area (Å²) < 4.78 is 17.1. The summed E-state index contributed by atoms with van der Waals surface area (Å²) in [6, 6.07) is -0.745. The minimum Gasteiger partial charge on any atom is -0.544 e. The van der Waals surface area contributed by atoms with Crippen molar-refractivity contribution in [2.45, 2.75) is 187 Å². The van der Waals surface area contributed by atoms with Gasteiger partial charge in [-0.3, -0.25) is 9.59 Å². The van der Waals surface area contributed by atoms with Gasteiger partial charge in [0.05, 0.1) is 40.3 Å². The van der Waals surface area contributed by atoms with Crippen LogP contribution in [-0.4, -0.2) is 75.5 Å². The largest absolute Gasteiger partial charge is 0.544 e. The molecule has 0 saturated carbocycles. The molecular formula is C54H89NO7. The number of hydrogen-bond donors (Lipinski definition) is 0. The van der Waals surface area contributed by atoms with E-state index in [4.69, 9.17) is 14.2 Å². The summed E-state index contributed by atoms with van der Waals surface area (Å²) in [4.78, 5) is 36.9. The van der Waals surface area contributed by atoms with Crippen LogP contribution >= 0.6 is 0 Å². The Kier molecular flexibility index (Phi) is 41.2. The van der Waals surface area contributed by atoms with Crippen LogP contribution in [0.15, 0.2) is 97.2 Å². The van der Waals surface area contributed by atoms with Crippen LogP contribution in [0.4, 0.5) is 0 Å². The van der Waals surface area contributed by atoms with E-state index in [1.807, 2.05) is 12.2 Å². The molecule has 0 rings (SSSR count). The van der Waals surface area contributed by atoms with Crippen LogP contribution in [0.1, 0.15) is 174 Å². The van der Waals surface area contributed by atoms with Crippen molar-refractivity contribution in [1.29, 1.82) is 0 Å². The molecule has 0 saturated heterocycles. The summed E-state index contributed by atoms with van der Waals surface area (Å²) in [5.41, 5.74) is 0. The average molecular weight is 864 g/mol. The predicted octanol–water partition coefficient (Wildman–Crippen LogP) is 12.5. The Morgan fingerprint density at radius 3 is 1.40 bits per heavy atom. The number of quaternary nitrogens is 1. The average Bonchev–Trinajstić information content (AvgIpc) is 3.23. The molecular weight excluding hydrogens is 775 g/mol. The van der Waals surface area contributed by atoms with Crippen LogP contribution in [0.5, 0.6) is 0 Å². The molecule has 0 aromatic carbocycles. The zero-order valence-corrected chi connectivity index (χ0v) is 40.0. The highest BCUT2D eigenvalue weighted by molar-refractivity contribution is 5.70. The Balaban J connectivity index is 4.37. The Morgan fingerprint density at radius 2 is 0.935 bits per heavy atom. The molecule has 0 aliphatic carbocycles. The van der Waals surface area contributed by atoms with Crippen LogP contribution in [0.25, 0.3) is 0 Å². The van der Waals surface area contributed by atoms with E-state index in [-0.39, 0.29) is 43.1 Å². The molecule has 2 atom stereocenters. The number of ether oxygens (including phenoxy) is 3. The number of aliphatic carboxylic acids is 1. The number of hydrogen-bond acceptors (Lipinski definition) is 7. The Bertz CT molecular complexity index is 1330. The summed E-state index contributed by atoms with van der Waals surface area (Å²) in [7, 11) is 5.37. The van der Waals surface area contributed by atoms with Crippen molar-refractivity contribution in [3.05, 3.63) is 97.2 Å². The van der Waals surface area contributed by atoms with E-state index in [2.05, 4.69) is 98.9 Å². The number of unbranched alkanes of at least 4 members (excludes halogenated alkanes) is 12. The lowest BCUT2D eigenvalue weighted by molar-refractivity contribution is -0.889. The summed E-state index contributed by atoms with van der Waals surface area (Å²) in [6.07, 6.45) is 58.8. The van der Waals surface area contributed by atoms with Crippen molar-refractivity contribution in [3.8, 4) is 0 Å². The van der Waals surface area contributed by atoms with Gasteiger partial charge in [0.2, 0.25) is 0 Å². The topological polar surface area (TPSA) is 102 Å². The summed E-state index contributed by atoms with van der Waals surface area (Å²) in [5, 5.41) is 11.6. The van der Waals surface area contributed by atoms with Crippen molar-refractivity contribution in [3.63, 3.8) is 0 Å². The Labute approximate surface area is 379 Å². The number of carboxylic acids is 1. The van der Waals surface area contributed by atoms with Gasteiger partial charge in [0, 0.05) is 19.3 Å². The highest BCUT2D eigenvalue weighted by atomic mass is 16.6. The summed E-state index contributed by atoms with van der Waals surface area (Å²) in [6.45, 7) is 4.42. The number of esters is 2. The van der Waals surface area contributed by atoms with Gasteiger partial charge in [0.25, 0.3) is 0 Å². The lowest BCUT2D eigenvalue weighted by Gasteiger charge is -2.34. The fourth-order valence-corrected chi connectivity index (χ4v) is 6.48. The number of nitrogens with zero attached hydrogens (tertiary/aromatic N) is 1. The zero-order valence-electron chi connectivity index (χ0n) is 40.0. The van der Waals surface area contributed by atoms with E-state index in [9.17, 15) is 19.5 Å². The standard InChI is InChI=1S/C54H89NO7/c1-6-8-10-12-14-16-18-20-22-24-25-26-27-28-29-31-32-34-36-38-40-42-44-52(56)61-49-50(48-60-47-46-51(54(58)59)55(3,4)5)62-53(57)45-43-41-39-37-35-33-30-23-21-19-17-15-13-11-9-7-2/h9,11,14-17,20-23,25-26,33,35,39,41,50-51H,6-8,10,12-13,18-19,24,27-32,34,36-38,40,42-49H2,1-5H3/b11-9+,16-14+,17-15+,22-20+,23-21+,26-25+,35-33+,41-39+. The molecule has 0 aromatic heterocycles. The quantitative estimate of drug-likeness (QED) is 0.0261. The van der Waals surface area contributed by atoms with Gasteiger partial charge in [-0.05, 0) is 83.5 Å². The predicted molar refractivity (Wildman–Crippen MR) is 258 cm³/mol. The van der Waals surface area contributed by atoms with Gasteiger partial charge < -0.3 is 28.6 Å². The van der Waals surface area contributed by atoms with Crippen LogP contribution in [0.2, 0.25) is 0 Å². The number of carbonyl (C=O) groups excluding carboxylic acids is 3. The first kappa shape index (κ1) is 58.2. The Morgan fingerprint density at radius 1 is 0.500 bits per heavy atom. The van der Waals surface area contributed by atoms with E-state index < -0.39 is 24.1 Å². The van der Waals surface area contributed by atoms with Crippen LogP contribution < -0.4 is 5.11 Å². The fraction of sp³-hybridized carbons (Fsp3) is 0.648. The van der Waals surface area contributed by atoms with Crippen molar-refractivity contribution in [1.82, 2.24) is 0 Å². The van der Waals surface area contributed by atoms with Crippen molar-refractivity contribution in [2.24, 2.45) is 0 Å². The minimum atomic E-state index is -1.14. The molecule has 0 heterocycles. The van der Waals surface area contributed by atoms with Gasteiger partial charge in [0.15, 0.2) is 6.10 Å². The van der Waals surface area contributed by atoms with E-state index in [0.717, 1.165) is 70.6 Å². The van der Waals surface area contributed by atoms with Gasteiger partial charge in [-0.2, -0.15) is 0 Å². The zero-order chi connectivity index (χ0) is 45.6. The first-order chi connectivity index (χ1) is 30.1. The van der Waals surface area contributed by atoms with E-state index in [1.54, 1.807) is 21.1 Å². The van der Waals surface area contributed by atoms with Gasteiger partial charge in [0.1, 0.15) is 12.6 Å². The van der Waals surface area contributed by atoms with E-state index in [0.29, 0.717) is 12.8 Å². The molecule has 0 aliphatic rings. The first-order valence-electron chi connectivity index (χ1n) is 24.3. The second-order valence-corrected chi connectivity index (χ2v) is 17.0. The lowest BCUT2D eigenvalue weighted by atomic mass is 10.1. The third-order valence-electron chi connectivity index (χ3n) is 10.2. The normalized spacial score (nSPS) is 13.8. The van der Waals surface area contributed by atoms with Crippen LogP contribution in [0, 0.1) is 0 Å². The van der Waals surface area contributed by atoms with E-state index >= 15 is 0 Å². The number of carbonyl (C=O) groups is 3. The molecule has 0 aliphatic heterocycles. The molecule has 352 valence electrons. The SMILES string of the molecule is CC/C=C/C/C=C/C/C=C/C/C=C/C/C=C/CCC(=O)OC(COCCC(C(=O)[O-])[N+](C)(C)C)COC(=O)CCCCCCCCCCC/C=C/C/C=C/C/C=C/CCCCC. The smallest absolute Gasteiger partial charge is 0.306 e. The maximum atomic E-state index is 12.7. The molecule has 62 heavy (non-hydrogen) atoms. The van der Waals surface area contributed by atoms with Crippen LogP contribution in [-0.2, 0) is 28.6 Å². The minimum absolute atomic E-state index is 0.00344. The Hall–Kier alpha value is -3.75. The second-order valence-electron chi connectivity index (χ2n) is 17.0. The van der Waals surface area contributed by atoms with Crippen LogP contribution in [0.3, 0.4) is 0 Å². The van der Waals surface area contributed by atoms with E-state index in [1.165, 1.54) is 64.2 Å². The van der Waals surface area contributed by atoms with Gasteiger partial charge >= 0.3 is 11.9 Å². The summed E-state index contributed by atoms with van der Waals surface area (Å²) in [5.74, 6) is -1.86. The molecule has 0 radical (unpaired) electrons. The number of rotatable bonds is 42. The molecule has 0 bridgehead atoms. The van der Waals surface area contributed by atoms with Crippen molar-refractivity contribution in [2.75, 3.05) is 41.0 Å². The molecule has 0 fully saturated rings. The van der Waals surface area contributed by atoms with Gasteiger partial charge in [-0.1, -0.05) is 169 Å². The number of likely N-dealkylation sites (N-methyl/N-ethyl adjacent to an activating group) is 1. The maximum Gasteiger partial charge on any atom is 0.306 e. The third kappa shape index (κ3) is 41.6.